The van der Waals surface area contributed by atoms with Gasteiger partial charge in [-0.05, 0) is 67.1 Å². The summed E-state index contributed by atoms with van der Waals surface area (Å²) in [5, 5.41) is 9.72. The van der Waals surface area contributed by atoms with E-state index in [2.05, 4.69) is 15.9 Å². The van der Waals surface area contributed by atoms with Crippen LogP contribution in [0, 0.1) is 0 Å². The molecule has 1 amide bonds. The maximum atomic E-state index is 12.7. The van der Waals surface area contributed by atoms with E-state index < -0.39 is 24.4 Å². The second-order valence-corrected chi connectivity index (χ2v) is 9.45. The Hall–Kier alpha value is -3.43. The molecule has 3 aromatic rings. The van der Waals surface area contributed by atoms with E-state index in [9.17, 15) is 9.59 Å². The number of nitrogens with zero attached hydrogens (tertiary/aromatic N) is 1. The van der Waals surface area contributed by atoms with Gasteiger partial charge in [0.1, 0.15) is 17.5 Å². The summed E-state index contributed by atoms with van der Waals surface area (Å²) < 4.78 is 23.7. The van der Waals surface area contributed by atoms with Crippen molar-refractivity contribution in [2.75, 3.05) is 7.11 Å². The first-order chi connectivity index (χ1) is 17.2. The highest BCUT2D eigenvalue weighted by Crippen LogP contribution is 2.36. The van der Waals surface area contributed by atoms with Gasteiger partial charge < -0.3 is 24.1 Å². The summed E-state index contributed by atoms with van der Waals surface area (Å²) in [6.45, 7) is 2.02. The van der Waals surface area contributed by atoms with Gasteiger partial charge in [0.2, 0.25) is 0 Å². The smallest absolute Gasteiger partial charge is 0.413 e. The standard InChI is InChI=1S/C26H23BrClNO7/c1-15-25(34-20-7-5-19(28)6-8-20)36-26(32)29(15)14-17-13-18(27)4-10-21(17)35-23-11-16(12-24(30)31)3-9-22(23)33-2/h3-11,13,15,25H,12,14H2,1-2H3,(H,30,31)/t15-,25+/m1/s1. The third-order valence-corrected chi connectivity index (χ3v) is 6.31. The summed E-state index contributed by atoms with van der Waals surface area (Å²) in [4.78, 5) is 25.4. The largest absolute Gasteiger partial charge is 0.493 e. The zero-order valence-electron chi connectivity index (χ0n) is 19.4. The van der Waals surface area contributed by atoms with Gasteiger partial charge in [-0.3, -0.25) is 9.69 Å². The Morgan fingerprint density at radius 1 is 1.08 bits per heavy atom. The number of benzene rings is 3. The molecule has 0 bridgehead atoms. The van der Waals surface area contributed by atoms with Crippen LogP contribution < -0.4 is 14.2 Å². The molecule has 4 rings (SSSR count). The molecule has 0 radical (unpaired) electrons. The second-order valence-electron chi connectivity index (χ2n) is 8.10. The Morgan fingerprint density at radius 2 is 1.81 bits per heavy atom. The first-order valence-electron chi connectivity index (χ1n) is 11.0. The molecule has 36 heavy (non-hydrogen) atoms. The van der Waals surface area contributed by atoms with E-state index in [1.165, 1.54) is 7.11 Å². The third kappa shape index (κ3) is 6.03. The van der Waals surface area contributed by atoms with Crippen molar-refractivity contribution in [2.45, 2.75) is 32.2 Å². The SMILES string of the molecule is COc1ccc(CC(=O)O)cc1Oc1ccc(Br)cc1CN1C(=O)O[C@H](Oc2ccc(Cl)cc2)[C@H]1C. The number of hydrogen-bond acceptors (Lipinski definition) is 6. The highest BCUT2D eigenvalue weighted by Gasteiger charge is 2.40. The minimum absolute atomic E-state index is 0.153. The molecule has 3 aromatic carbocycles. The van der Waals surface area contributed by atoms with Gasteiger partial charge in [0.25, 0.3) is 6.29 Å². The molecule has 10 heteroatoms. The summed E-state index contributed by atoms with van der Waals surface area (Å²) in [6, 6.07) is 16.8. The predicted molar refractivity (Wildman–Crippen MR) is 136 cm³/mol. The first kappa shape index (κ1) is 25.7. The van der Waals surface area contributed by atoms with E-state index in [1.807, 2.05) is 19.1 Å². The van der Waals surface area contributed by atoms with Crippen LogP contribution in [0.15, 0.2) is 65.1 Å². The molecule has 2 atom stereocenters. The minimum atomic E-state index is -0.952. The van der Waals surface area contributed by atoms with Crippen molar-refractivity contribution in [3.05, 3.63) is 81.3 Å². The quantitative estimate of drug-likeness (QED) is 0.321. The number of amides is 1. The van der Waals surface area contributed by atoms with Crippen LogP contribution >= 0.6 is 27.5 Å². The number of carbonyl (C=O) groups excluding carboxylic acids is 1. The molecule has 0 spiro atoms. The Bertz CT molecular complexity index is 1270. The fourth-order valence-electron chi connectivity index (χ4n) is 3.72. The number of methoxy groups -OCH3 is 1. The van der Waals surface area contributed by atoms with Crippen LogP contribution in [0.5, 0.6) is 23.0 Å². The number of carboxylic acids is 1. The number of ether oxygens (including phenoxy) is 4. The lowest BCUT2D eigenvalue weighted by atomic mass is 10.1. The van der Waals surface area contributed by atoms with Crippen molar-refractivity contribution < 1.29 is 33.6 Å². The monoisotopic (exact) mass is 575 g/mol. The molecular weight excluding hydrogens is 554 g/mol. The molecule has 0 aromatic heterocycles. The van der Waals surface area contributed by atoms with Crippen molar-refractivity contribution in [1.29, 1.82) is 0 Å². The molecule has 0 aliphatic carbocycles. The van der Waals surface area contributed by atoms with Crippen LogP contribution in [-0.2, 0) is 22.5 Å². The lowest BCUT2D eigenvalue weighted by Crippen LogP contribution is -2.36. The van der Waals surface area contributed by atoms with E-state index in [0.29, 0.717) is 39.1 Å². The van der Waals surface area contributed by atoms with Crippen LogP contribution in [-0.4, -0.2) is 41.5 Å². The fourth-order valence-corrected chi connectivity index (χ4v) is 4.25. The summed E-state index contributed by atoms with van der Waals surface area (Å²) in [5.74, 6) is 0.869. The summed E-state index contributed by atoms with van der Waals surface area (Å²) in [5.41, 5.74) is 1.27. The van der Waals surface area contributed by atoms with Crippen LogP contribution in [0.4, 0.5) is 4.79 Å². The zero-order valence-corrected chi connectivity index (χ0v) is 21.8. The van der Waals surface area contributed by atoms with E-state index in [0.717, 1.165) is 4.47 Å². The molecule has 8 nitrogen and oxygen atoms in total. The van der Waals surface area contributed by atoms with E-state index >= 15 is 0 Å². The van der Waals surface area contributed by atoms with E-state index in [4.69, 9.17) is 35.7 Å². The van der Waals surface area contributed by atoms with Gasteiger partial charge in [0.15, 0.2) is 11.5 Å². The second kappa shape index (κ2) is 11.1. The van der Waals surface area contributed by atoms with Gasteiger partial charge in [-0.15, -0.1) is 0 Å². The molecule has 188 valence electrons. The average Bonchev–Trinajstić information content (AvgIpc) is 3.09. The number of hydrogen-bond donors (Lipinski definition) is 1. The maximum Gasteiger partial charge on any atom is 0.413 e. The fraction of sp³-hybridized carbons (Fsp3) is 0.231. The highest BCUT2D eigenvalue weighted by molar-refractivity contribution is 9.10. The predicted octanol–water partition coefficient (Wildman–Crippen LogP) is 6.28. The van der Waals surface area contributed by atoms with Gasteiger partial charge in [0.05, 0.1) is 20.1 Å². The maximum absolute atomic E-state index is 12.7. The number of cyclic esters (lactones) is 1. The topological polar surface area (TPSA) is 94.5 Å². The van der Waals surface area contributed by atoms with E-state index in [-0.39, 0.29) is 13.0 Å². The van der Waals surface area contributed by atoms with Crippen LogP contribution in [0.3, 0.4) is 0 Å². The number of carboxylic acid groups (broad SMARTS) is 1. The normalized spacial score (nSPS) is 17.0. The lowest BCUT2D eigenvalue weighted by Gasteiger charge is -2.22. The highest BCUT2D eigenvalue weighted by atomic mass is 79.9. The number of halogens is 2. The van der Waals surface area contributed by atoms with Gasteiger partial charge >= 0.3 is 12.1 Å². The molecule has 1 fully saturated rings. The summed E-state index contributed by atoms with van der Waals surface area (Å²) in [7, 11) is 1.50. The lowest BCUT2D eigenvalue weighted by molar-refractivity contribution is -0.136. The van der Waals surface area contributed by atoms with Crippen molar-refractivity contribution in [3.8, 4) is 23.0 Å². The molecule has 1 aliphatic heterocycles. The van der Waals surface area contributed by atoms with Gasteiger partial charge in [-0.1, -0.05) is 33.6 Å². The molecule has 1 N–H and O–H groups in total. The molecule has 0 unspecified atom stereocenters. The molecule has 1 aliphatic rings. The number of aliphatic carboxylic acids is 1. The van der Waals surface area contributed by atoms with Crippen molar-refractivity contribution in [1.82, 2.24) is 4.90 Å². The Labute approximate surface area is 221 Å². The molecule has 1 saturated heterocycles. The van der Waals surface area contributed by atoms with Crippen LogP contribution in [0.25, 0.3) is 0 Å². The average molecular weight is 577 g/mol. The Balaban J connectivity index is 1.56. The first-order valence-corrected chi connectivity index (χ1v) is 12.1. The number of carbonyl (C=O) groups is 2. The van der Waals surface area contributed by atoms with Gasteiger partial charge in [-0.25, -0.2) is 4.79 Å². The molecular formula is C26H23BrClNO7. The number of rotatable bonds is 9. The van der Waals surface area contributed by atoms with Crippen molar-refractivity contribution in [3.63, 3.8) is 0 Å². The van der Waals surface area contributed by atoms with Crippen LogP contribution in [0.1, 0.15) is 18.1 Å². The van der Waals surface area contributed by atoms with E-state index in [1.54, 1.807) is 53.4 Å². The minimum Gasteiger partial charge on any atom is -0.493 e. The molecule has 0 saturated carbocycles. The molecule has 1 heterocycles. The van der Waals surface area contributed by atoms with Gasteiger partial charge in [-0.2, -0.15) is 0 Å². The zero-order chi connectivity index (χ0) is 25.8. The van der Waals surface area contributed by atoms with Crippen molar-refractivity contribution >= 4 is 39.6 Å². The Morgan fingerprint density at radius 3 is 2.50 bits per heavy atom. The Kier molecular flexibility index (Phi) is 7.91. The summed E-state index contributed by atoms with van der Waals surface area (Å²) >= 11 is 9.40. The van der Waals surface area contributed by atoms with Crippen molar-refractivity contribution in [2.24, 2.45) is 0 Å². The third-order valence-electron chi connectivity index (χ3n) is 5.57. The summed E-state index contributed by atoms with van der Waals surface area (Å²) in [6.07, 6.45) is -1.48. The van der Waals surface area contributed by atoms with Crippen LogP contribution in [0.2, 0.25) is 5.02 Å². The van der Waals surface area contributed by atoms with Gasteiger partial charge in [0, 0.05) is 15.1 Å².